The number of anilines is 1. The van der Waals surface area contributed by atoms with Gasteiger partial charge < -0.3 is 15.4 Å². The summed E-state index contributed by atoms with van der Waals surface area (Å²) in [4.78, 5) is 0. The van der Waals surface area contributed by atoms with E-state index in [4.69, 9.17) is 17.0 Å². The predicted octanol–water partition coefficient (Wildman–Crippen LogP) is 5.64. The topological polar surface area (TPSA) is 33.3 Å². The first-order chi connectivity index (χ1) is 13.7. The molecule has 0 aromatic heterocycles. The molecule has 4 heteroatoms. The average molecular weight is 389 g/mol. The Morgan fingerprint density at radius 2 is 1.71 bits per heavy atom. The fourth-order valence-electron chi connectivity index (χ4n) is 2.94. The Morgan fingerprint density at radius 1 is 1.00 bits per heavy atom. The van der Waals surface area contributed by atoms with Crippen molar-refractivity contribution in [1.82, 2.24) is 5.32 Å². The lowest BCUT2D eigenvalue weighted by atomic mass is 9.97. The molecule has 0 spiro atoms. The average Bonchev–Trinajstić information content (AvgIpc) is 2.72. The molecule has 1 atom stereocenters. The van der Waals surface area contributed by atoms with Gasteiger partial charge in [-0.1, -0.05) is 72.8 Å². The number of rotatable bonds is 7. The highest BCUT2D eigenvalue weighted by molar-refractivity contribution is 7.80. The fraction of sp³-hybridized carbons (Fsp3) is 0.125. The van der Waals surface area contributed by atoms with E-state index in [2.05, 4.69) is 60.5 Å². The molecule has 0 radical (unpaired) electrons. The molecule has 3 aromatic rings. The molecule has 3 nitrogen and oxygen atoms in total. The van der Waals surface area contributed by atoms with Crippen LogP contribution in [0.3, 0.4) is 0 Å². The van der Waals surface area contributed by atoms with Gasteiger partial charge >= 0.3 is 0 Å². The molecule has 0 saturated heterocycles. The number of thiocarbonyl (C=S) groups is 1. The zero-order valence-electron chi connectivity index (χ0n) is 15.9. The summed E-state index contributed by atoms with van der Waals surface area (Å²) in [5.74, 6) is 0.797. The van der Waals surface area contributed by atoms with Crippen LogP contribution in [-0.4, -0.2) is 11.7 Å². The van der Waals surface area contributed by atoms with Gasteiger partial charge in [-0.15, -0.1) is 0 Å². The van der Waals surface area contributed by atoms with Crippen molar-refractivity contribution in [2.24, 2.45) is 0 Å². The number of ether oxygens (including phenoxy) is 1. The third-order valence-electron chi connectivity index (χ3n) is 4.26. The van der Waals surface area contributed by atoms with Crippen LogP contribution >= 0.6 is 12.2 Å². The first-order valence-corrected chi connectivity index (χ1v) is 9.59. The Morgan fingerprint density at radius 3 is 2.39 bits per heavy atom. The lowest BCUT2D eigenvalue weighted by Crippen LogP contribution is -2.33. The first kappa shape index (κ1) is 19.6. The molecule has 0 aliphatic carbocycles. The second-order valence-corrected chi connectivity index (χ2v) is 6.89. The van der Waals surface area contributed by atoms with Crippen molar-refractivity contribution < 1.29 is 4.74 Å². The molecule has 0 amide bonds. The highest BCUT2D eigenvalue weighted by Crippen LogP contribution is 2.23. The highest BCUT2D eigenvalue weighted by Gasteiger charge is 2.15. The summed E-state index contributed by atoms with van der Waals surface area (Å²) in [5.41, 5.74) is 4.45. The van der Waals surface area contributed by atoms with Crippen LogP contribution in [0, 0.1) is 6.92 Å². The van der Waals surface area contributed by atoms with Crippen LogP contribution in [0.4, 0.5) is 5.69 Å². The highest BCUT2D eigenvalue weighted by atomic mass is 32.1. The standard InChI is InChI=1S/C24H24N2OS/c1-3-16-27-22-14-12-21(13-15-22)25-24(28)26-23(19-9-5-4-6-10-19)20-11-7-8-18(2)17-20/h3-15,17,23H,1,16H2,2H3,(H2,25,26,28)/t23-/m1/s1. The van der Waals surface area contributed by atoms with E-state index in [0.29, 0.717) is 11.7 Å². The van der Waals surface area contributed by atoms with Gasteiger partial charge in [-0.3, -0.25) is 0 Å². The molecular weight excluding hydrogens is 364 g/mol. The van der Waals surface area contributed by atoms with E-state index < -0.39 is 0 Å². The maximum Gasteiger partial charge on any atom is 0.171 e. The van der Waals surface area contributed by atoms with E-state index in [1.54, 1.807) is 6.08 Å². The molecule has 0 saturated carbocycles. The van der Waals surface area contributed by atoms with Gasteiger partial charge in [-0.05, 0) is 54.5 Å². The number of hydrogen-bond acceptors (Lipinski definition) is 2. The maximum absolute atomic E-state index is 5.58. The second-order valence-electron chi connectivity index (χ2n) is 6.48. The number of nitrogens with one attached hydrogen (secondary N) is 2. The third kappa shape index (κ3) is 5.44. The molecular formula is C24H24N2OS. The molecule has 3 aromatic carbocycles. The van der Waals surface area contributed by atoms with Crippen LogP contribution in [0.5, 0.6) is 5.75 Å². The molecule has 0 heterocycles. The van der Waals surface area contributed by atoms with Crippen molar-refractivity contribution in [3.05, 3.63) is 108 Å². The van der Waals surface area contributed by atoms with Crippen LogP contribution < -0.4 is 15.4 Å². The Bertz CT molecular complexity index is 923. The summed E-state index contributed by atoms with van der Waals surface area (Å²) in [6.45, 7) is 6.24. The van der Waals surface area contributed by atoms with E-state index in [-0.39, 0.29) is 6.04 Å². The molecule has 0 bridgehead atoms. The molecule has 0 aliphatic rings. The summed E-state index contributed by atoms with van der Waals surface area (Å²) in [5, 5.41) is 7.27. The molecule has 3 rings (SSSR count). The van der Waals surface area contributed by atoms with Crippen LogP contribution in [0.15, 0.2) is 91.5 Å². The van der Waals surface area contributed by atoms with E-state index in [1.165, 1.54) is 11.1 Å². The summed E-state index contributed by atoms with van der Waals surface area (Å²) < 4.78 is 5.51. The van der Waals surface area contributed by atoms with Crippen LogP contribution in [0.2, 0.25) is 0 Å². The molecule has 0 aliphatic heterocycles. The second kappa shape index (κ2) is 9.72. The van der Waals surface area contributed by atoms with Gasteiger partial charge in [0.05, 0.1) is 6.04 Å². The Hall–Kier alpha value is -3.11. The van der Waals surface area contributed by atoms with Crippen LogP contribution in [0.1, 0.15) is 22.7 Å². The van der Waals surface area contributed by atoms with Crippen molar-refractivity contribution in [1.29, 1.82) is 0 Å². The predicted molar refractivity (Wildman–Crippen MR) is 121 cm³/mol. The minimum absolute atomic E-state index is 0.0312. The minimum atomic E-state index is -0.0312. The lowest BCUT2D eigenvalue weighted by Gasteiger charge is -2.22. The van der Waals surface area contributed by atoms with Gasteiger partial charge in [-0.25, -0.2) is 0 Å². The van der Waals surface area contributed by atoms with Gasteiger partial charge in [0.15, 0.2) is 5.11 Å². The Balaban J connectivity index is 1.73. The van der Waals surface area contributed by atoms with Crippen LogP contribution in [-0.2, 0) is 0 Å². The van der Waals surface area contributed by atoms with E-state index in [1.807, 2.05) is 42.5 Å². The number of benzene rings is 3. The zero-order valence-corrected chi connectivity index (χ0v) is 16.7. The molecule has 0 unspecified atom stereocenters. The van der Waals surface area contributed by atoms with Crippen molar-refractivity contribution in [2.45, 2.75) is 13.0 Å². The molecule has 142 valence electrons. The van der Waals surface area contributed by atoms with E-state index >= 15 is 0 Å². The van der Waals surface area contributed by atoms with Crippen molar-refractivity contribution >= 4 is 23.0 Å². The fourth-order valence-corrected chi connectivity index (χ4v) is 3.18. The van der Waals surface area contributed by atoms with Gasteiger partial charge in [0, 0.05) is 5.69 Å². The van der Waals surface area contributed by atoms with E-state index in [0.717, 1.165) is 17.0 Å². The quantitative estimate of drug-likeness (QED) is 0.406. The minimum Gasteiger partial charge on any atom is -0.490 e. The first-order valence-electron chi connectivity index (χ1n) is 9.18. The van der Waals surface area contributed by atoms with Gasteiger partial charge in [-0.2, -0.15) is 0 Å². The largest absolute Gasteiger partial charge is 0.490 e. The van der Waals surface area contributed by atoms with Gasteiger partial charge in [0.25, 0.3) is 0 Å². The van der Waals surface area contributed by atoms with Crippen LogP contribution in [0.25, 0.3) is 0 Å². The maximum atomic E-state index is 5.58. The molecule has 0 fully saturated rings. The summed E-state index contributed by atoms with van der Waals surface area (Å²) in [7, 11) is 0. The zero-order chi connectivity index (χ0) is 19.8. The smallest absolute Gasteiger partial charge is 0.171 e. The summed E-state index contributed by atoms with van der Waals surface area (Å²) >= 11 is 5.58. The molecule has 2 N–H and O–H groups in total. The number of hydrogen-bond donors (Lipinski definition) is 2. The number of aryl methyl sites for hydroxylation is 1. The Kier molecular flexibility index (Phi) is 6.82. The van der Waals surface area contributed by atoms with Crippen molar-refractivity contribution in [2.75, 3.05) is 11.9 Å². The third-order valence-corrected chi connectivity index (χ3v) is 4.48. The molecule has 28 heavy (non-hydrogen) atoms. The monoisotopic (exact) mass is 388 g/mol. The van der Waals surface area contributed by atoms with E-state index in [9.17, 15) is 0 Å². The summed E-state index contributed by atoms with van der Waals surface area (Å²) in [6.07, 6.45) is 1.72. The normalized spacial score (nSPS) is 11.3. The summed E-state index contributed by atoms with van der Waals surface area (Å²) in [6, 6.07) is 26.4. The van der Waals surface area contributed by atoms with Gasteiger partial charge in [0.2, 0.25) is 0 Å². The SMILES string of the molecule is C=CCOc1ccc(NC(=S)N[C@H](c2ccccc2)c2cccc(C)c2)cc1. The Labute approximate surface area is 172 Å². The van der Waals surface area contributed by atoms with Crippen molar-refractivity contribution in [3.63, 3.8) is 0 Å². The van der Waals surface area contributed by atoms with Gasteiger partial charge in [0.1, 0.15) is 12.4 Å². The lowest BCUT2D eigenvalue weighted by molar-refractivity contribution is 0.363. The van der Waals surface area contributed by atoms with Crippen molar-refractivity contribution in [3.8, 4) is 5.75 Å².